The lowest BCUT2D eigenvalue weighted by Crippen LogP contribution is -2.19. The Balaban J connectivity index is 1.37. The van der Waals surface area contributed by atoms with Crippen molar-refractivity contribution in [3.05, 3.63) is 46.5 Å². The molecular formula is C42H63NO8. The molecule has 0 radical (unpaired) electrons. The molecule has 4 rings (SSSR count). The molecule has 0 unspecified atom stereocenters. The van der Waals surface area contributed by atoms with Crippen molar-refractivity contribution in [2.75, 3.05) is 52.9 Å². The Labute approximate surface area is 306 Å². The minimum atomic E-state index is -0.445. The van der Waals surface area contributed by atoms with E-state index in [1.165, 1.54) is 114 Å². The lowest BCUT2D eigenvalue weighted by atomic mass is 9.95. The fourth-order valence-corrected chi connectivity index (χ4v) is 6.68. The van der Waals surface area contributed by atoms with Gasteiger partial charge in [0.05, 0.1) is 37.6 Å². The zero-order valence-electron chi connectivity index (χ0n) is 31.5. The Hall–Kier alpha value is -3.30. The molecule has 2 amide bonds. The first-order valence-electron chi connectivity index (χ1n) is 20.0. The SMILES string of the molecule is CCCCCCCCCCc1cc2c(cc1CCCCCCCCCC)OCCOCCOc1cc3c(cc1OCCOCCO2)C(=O)NC3=O. The van der Waals surface area contributed by atoms with Crippen molar-refractivity contribution < 1.29 is 38.0 Å². The van der Waals surface area contributed by atoms with Gasteiger partial charge in [-0.2, -0.15) is 0 Å². The summed E-state index contributed by atoms with van der Waals surface area (Å²) >= 11 is 0. The van der Waals surface area contributed by atoms with E-state index in [9.17, 15) is 9.59 Å². The Morgan fingerprint density at radius 1 is 0.431 bits per heavy atom. The second-order valence-electron chi connectivity index (χ2n) is 13.8. The molecule has 0 saturated carbocycles. The summed E-state index contributed by atoms with van der Waals surface area (Å²) in [5, 5.41) is 2.32. The topological polar surface area (TPSA) is 102 Å². The van der Waals surface area contributed by atoms with Crippen molar-refractivity contribution in [2.45, 2.75) is 129 Å². The number of hydrogen-bond acceptors (Lipinski definition) is 8. The minimum Gasteiger partial charge on any atom is -0.487 e. The number of ether oxygens (including phenoxy) is 6. The number of imide groups is 1. The predicted octanol–water partition coefficient (Wildman–Crippen LogP) is 9.20. The molecule has 0 aliphatic carbocycles. The van der Waals surface area contributed by atoms with Crippen molar-refractivity contribution in [1.82, 2.24) is 5.32 Å². The van der Waals surface area contributed by atoms with Crippen molar-refractivity contribution >= 4 is 11.8 Å². The number of rotatable bonds is 18. The van der Waals surface area contributed by atoms with Gasteiger partial charge in [-0.25, -0.2) is 0 Å². The molecule has 284 valence electrons. The molecule has 51 heavy (non-hydrogen) atoms. The monoisotopic (exact) mass is 709 g/mol. The second-order valence-corrected chi connectivity index (χ2v) is 13.8. The highest BCUT2D eigenvalue weighted by atomic mass is 16.6. The first-order valence-corrected chi connectivity index (χ1v) is 20.0. The maximum atomic E-state index is 12.2. The van der Waals surface area contributed by atoms with Crippen molar-refractivity contribution in [3.63, 3.8) is 0 Å². The number of fused-ring (bicyclic) bond motifs is 3. The van der Waals surface area contributed by atoms with Crippen LogP contribution in [0.1, 0.15) is 148 Å². The number of carbonyl (C=O) groups is 2. The number of aryl methyl sites for hydroxylation is 2. The van der Waals surface area contributed by atoms with E-state index in [0.717, 1.165) is 24.3 Å². The van der Waals surface area contributed by atoms with Gasteiger partial charge in [0.25, 0.3) is 11.8 Å². The maximum absolute atomic E-state index is 12.2. The zero-order valence-corrected chi connectivity index (χ0v) is 31.5. The van der Waals surface area contributed by atoms with Gasteiger partial charge in [-0.15, -0.1) is 0 Å². The second kappa shape index (κ2) is 24.0. The minimum absolute atomic E-state index is 0.242. The van der Waals surface area contributed by atoms with Gasteiger partial charge in [-0.3, -0.25) is 14.9 Å². The average molecular weight is 710 g/mol. The standard InChI is InChI=1S/C42H63NO8/c1-3-5-7-9-11-13-15-17-19-33-29-37-38(30-34(33)20-18-16-14-12-10-8-6-4-2)49-26-22-47-24-28-51-40-32-36-35(41(44)43-42(36)45)31-39(40)50-27-23-46-21-25-48-37/h29-32H,3-28H2,1-2H3,(H,43,44,45). The van der Waals surface area contributed by atoms with Crippen LogP contribution < -0.4 is 24.3 Å². The van der Waals surface area contributed by atoms with Crippen LogP contribution >= 0.6 is 0 Å². The molecule has 9 heteroatoms. The van der Waals surface area contributed by atoms with E-state index in [2.05, 4.69) is 31.3 Å². The third kappa shape index (κ3) is 14.3. The summed E-state index contributed by atoms with van der Waals surface area (Å²) in [6.45, 7) is 7.16. The van der Waals surface area contributed by atoms with Crippen LogP contribution in [0.25, 0.3) is 0 Å². The van der Waals surface area contributed by atoms with E-state index in [0.29, 0.717) is 51.1 Å². The molecule has 1 N–H and O–H groups in total. The van der Waals surface area contributed by atoms with Crippen molar-refractivity contribution in [2.24, 2.45) is 0 Å². The third-order valence-electron chi connectivity index (χ3n) is 9.61. The number of benzene rings is 2. The summed E-state index contributed by atoms with van der Waals surface area (Å²) in [5.74, 6) is 1.37. The number of amides is 2. The van der Waals surface area contributed by atoms with Crippen molar-refractivity contribution in [3.8, 4) is 23.0 Å². The van der Waals surface area contributed by atoms with E-state index in [1.54, 1.807) is 12.1 Å². The van der Waals surface area contributed by atoms with Gasteiger partial charge in [0, 0.05) is 0 Å². The van der Waals surface area contributed by atoms with Gasteiger partial charge in [0.15, 0.2) is 23.0 Å². The van der Waals surface area contributed by atoms with Crippen LogP contribution in [0.15, 0.2) is 24.3 Å². The summed E-state index contributed by atoms with van der Waals surface area (Å²) in [4.78, 5) is 24.4. The summed E-state index contributed by atoms with van der Waals surface area (Å²) in [6, 6.07) is 7.52. The van der Waals surface area contributed by atoms with E-state index < -0.39 is 11.8 Å². The molecule has 2 aliphatic rings. The summed E-state index contributed by atoms with van der Waals surface area (Å²) in [6.07, 6.45) is 22.9. The van der Waals surface area contributed by atoms with E-state index in [4.69, 9.17) is 28.4 Å². The number of unbranched alkanes of at least 4 members (excludes halogenated alkanes) is 14. The van der Waals surface area contributed by atoms with Gasteiger partial charge in [-0.1, -0.05) is 104 Å². The Kier molecular flexibility index (Phi) is 19.1. The lowest BCUT2D eigenvalue weighted by molar-refractivity contribution is 0.0639. The number of nitrogens with one attached hydrogen (secondary N) is 1. The molecular weight excluding hydrogens is 646 g/mol. The third-order valence-corrected chi connectivity index (χ3v) is 9.61. The molecule has 0 atom stereocenters. The van der Waals surface area contributed by atoms with Crippen LogP contribution in [-0.2, 0) is 22.3 Å². The molecule has 2 heterocycles. The molecule has 2 aliphatic heterocycles. The quantitative estimate of drug-likeness (QED) is 0.121. The zero-order chi connectivity index (χ0) is 35.9. The fourth-order valence-electron chi connectivity index (χ4n) is 6.68. The van der Waals surface area contributed by atoms with Gasteiger partial charge in [-0.05, 0) is 61.1 Å². The smallest absolute Gasteiger partial charge is 0.259 e. The lowest BCUT2D eigenvalue weighted by Gasteiger charge is -2.19. The maximum Gasteiger partial charge on any atom is 0.259 e. The normalized spacial score (nSPS) is 15.6. The van der Waals surface area contributed by atoms with Crippen LogP contribution in [0.3, 0.4) is 0 Å². The van der Waals surface area contributed by atoms with E-state index >= 15 is 0 Å². The van der Waals surface area contributed by atoms with Crippen LogP contribution in [0.2, 0.25) is 0 Å². The first-order chi connectivity index (χ1) is 25.1. The van der Waals surface area contributed by atoms with E-state index in [-0.39, 0.29) is 24.3 Å². The van der Waals surface area contributed by atoms with Gasteiger partial charge in [0.1, 0.15) is 26.4 Å². The van der Waals surface area contributed by atoms with E-state index in [1.807, 2.05) is 0 Å². The molecule has 2 aromatic rings. The summed E-state index contributed by atoms with van der Waals surface area (Å²) in [7, 11) is 0. The molecule has 0 saturated heterocycles. The van der Waals surface area contributed by atoms with Gasteiger partial charge in [0.2, 0.25) is 0 Å². The molecule has 0 aromatic heterocycles. The Morgan fingerprint density at radius 3 is 1.10 bits per heavy atom. The summed E-state index contributed by atoms with van der Waals surface area (Å²) < 4.78 is 36.2. The van der Waals surface area contributed by atoms with Crippen LogP contribution in [-0.4, -0.2) is 64.7 Å². The fraction of sp³-hybridized carbons (Fsp3) is 0.667. The molecule has 0 spiro atoms. The highest BCUT2D eigenvalue weighted by Gasteiger charge is 2.29. The van der Waals surface area contributed by atoms with Crippen LogP contribution in [0, 0.1) is 0 Å². The Bertz CT molecular complexity index is 1230. The summed E-state index contributed by atoms with van der Waals surface area (Å²) in [5.41, 5.74) is 3.29. The largest absolute Gasteiger partial charge is 0.487 e. The van der Waals surface area contributed by atoms with Gasteiger partial charge < -0.3 is 28.4 Å². The molecule has 2 aromatic carbocycles. The van der Waals surface area contributed by atoms with Gasteiger partial charge >= 0.3 is 0 Å². The molecule has 9 nitrogen and oxygen atoms in total. The molecule has 0 fully saturated rings. The van der Waals surface area contributed by atoms with Crippen molar-refractivity contribution in [1.29, 1.82) is 0 Å². The Morgan fingerprint density at radius 2 is 0.745 bits per heavy atom. The number of hydrogen-bond donors (Lipinski definition) is 1. The number of carbonyl (C=O) groups excluding carboxylic acids is 2. The highest BCUT2D eigenvalue weighted by molar-refractivity contribution is 6.21. The predicted molar refractivity (Wildman–Crippen MR) is 201 cm³/mol. The first kappa shape index (κ1) is 40.5. The highest BCUT2D eigenvalue weighted by Crippen LogP contribution is 2.35. The van der Waals surface area contributed by atoms with Crippen LogP contribution in [0.5, 0.6) is 23.0 Å². The van der Waals surface area contributed by atoms with Crippen LogP contribution in [0.4, 0.5) is 0 Å². The molecule has 0 bridgehead atoms. The average Bonchev–Trinajstić information content (AvgIpc) is 3.41.